The molecule has 5 heteroatoms. The quantitative estimate of drug-likeness (QED) is 0.860. The van der Waals surface area contributed by atoms with E-state index in [2.05, 4.69) is 5.32 Å². The van der Waals surface area contributed by atoms with Crippen LogP contribution in [0, 0.1) is 0 Å². The van der Waals surface area contributed by atoms with Crippen LogP contribution in [0.4, 0.5) is 11.4 Å². The number of rotatable bonds is 6. The zero-order valence-corrected chi connectivity index (χ0v) is 12.7. The van der Waals surface area contributed by atoms with Gasteiger partial charge in [0.2, 0.25) is 0 Å². The summed E-state index contributed by atoms with van der Waals surface area (Å²) in [5, 5.41) is 11.8. The lowest BCUT2D eigenvalue weighted by Crippen LogP contribution is -2.21. The highest BCUT2D eigenvalue weighted by atomic mass is 16.5. The molecule has 0 radical (unpaired) electrons. The van der Waals surface area contributed by atoms with Gasteiger partial charge in [0.1, 0.15) is 5.75 Å². The number of para-hydroxylation sites is 1. The van der Waals surface area contributed by atoms with Gasteiger partial charge in [-0.15, -0.1) is 0 Å². The number of aliphatic hydroxyl groups excluding tert-OH is 1. The van der Waals surface area contributed by atoms with Gasteiger partial charge in [0.05, 0.1) is 19.3 Å². The van der Waals surface area contributed by atoms with Crippen molar-refractivity contribution < 1.29 is 14.6 Å². The summed E-state index contributed by atoms with van der Waals surface area (Å²) in [6.45, 7) is 0.662. The van der Waals surface area contributed by atoms with E-state index < -0.39 is 0 Å². The number of aliphatic hydroxyl groups is 1. The zero-order chi connectivity index (χ0) is 15.9. The summed E-state index contributed by atoms with van der Waals surface area (Å²) >= 11 is 0. The number of ether oxygens (including phenoxy) is 1. The van der Waals surface area contributed by atoms with E-state index in [0.717, 1.165) is 5.69 Å². The number of benzene rings is 2. The van der Waals surface area contributed by atoms with E-state index in [1.807, 2.05) is 42.3 Å². The summed E-state index contributed by atoms with van der Waals surface area (Å²) in [4.78, 5) is 14.2. The van der Waals surface area contributed by atoms with E-state index in [4.69, 9.17) is 9.84 Å². The molecule has 2 aromatic carbocycles. The number of likely N-dealkylation sites (N-methyl/N-ethyl adjacent to an activating group) is 1. The first-order valence-electron chi connectivity index (χ1n) is 7.02. The fraction of sp³-hybridized carbons (Fsp3) is 0.235. The molecule has 0 aliphatic rings. The van der Waals surface area contributed by atoms with Gasteiger partial charge < -0.3 is 20.1 Å². The Bertz CT molecular complexity index is 626. The lowest BCUT2D eigenvalue weighted by molar-refractivity contribution is 0.102. The first-order valence-corrected chi connectivity index (χ1v) is 7.02. The summed E-state index contributed by atoms with van der Waals surface area (Å²) in [7, 11) is 3.44. The van der Waals surface area contributed by atoms with Crippen molar-refractivity contribution in [1.29, 1.82) is 0 Å². The molecule has 0 aliphatic carbocycles. The molecule has 0 aromatic heterocycles. The zero-order valence-electron chi connectivity index (χ0n) is 12.7. The molecule has 0 spiro atoms. The predicted octanol–water partition coefficient (Wildman–Crippen LogP) is 2.38. The Morgan fingerprint density at radius 3 is 2.50 bits per heavy atom. The van der Waals surface area contributed by atoms with E-state index in [9.17, 15) is 4.79 Å². The number of amides is 1. The summed E-state index contributed by atoms with van der Waals surface area (Å²) in [6.07, 6.45) is 0. The number of methoxy groups -OCH3 is 1. The fourth-order valence-electron chi connectivity index (χ4n) is 2.11. The first-order chi connectivity index (χ1) is 10.7. The fourth-order valence-corrected chi connectivity index (χ4v) is 2.11. The van der Waals surface area contributed by atoms with Gasteiger partial charge in [0, 0.05) is 25.0 Å². The van der Waals surface area contributed by atoms with Crippen LogP contribution in [0.15, 0.2) is 48.5 Å². The number of carbonyl (C=O) groups is 1. The minimum atomic E-state index is -0.214. The summed E-state index contributed by atoms with van der Waals surface area (Å²) in [6, 6.07) is 14.5. The molecule has 0 atom stereocenters. The van der Waals surface area contributed by atoms with Crippen LogP contribution in [0.3, 0.4) is 0 Å². The van der Waals surface area contributed by atoms with Crippen molar-refractivity contribution in [3.63, 3.8) is 0 Å². The average molecular weight is 300 g/mol. The number of hydrogen-bond acceptors (Lipinski definition) is 4. The Balaban J connectivity index is 2.09. The average Bonchev–Trinajstić information content (AvgIpc) is 2.55. The van der Waals surface area contributed by atoms with Crippen molar-refractivity contribution in [2.45, 2.75) is 0 Å². The maximum absolute atomic E-state index is 12.3. The number of nitrogens with one attached hydrogen (secondary N) is 1. The van der Waals surface area contributed by atoms with Gasteiger partial charge in [0.15, 0.2) is 0 Å². The van der Waals surface area contributed by atoms with E-state index in [1.54, 1.807) is 18.2 Å². The lowest BCUT2D eigenvalue weighted by atomic mass is 10.2. The molecule has 0 aliphatic heterocycles. The van der Waals surface area contributed by atoms with Crippen LogP contribution in [0.1, 0.15) is 10.4 Å². The van der Waals surface area contributed by atoms with Crippen LogP contribution in [-0.4, -0.2) is 38.3 Å². The minimum absolute atomic E-state index is 0.1000. The van der Waals surface area contributed by atoms with Crippen LogP contribution in [0.2, 0.25) is 0 Å². The van der Waals surface area contributed by atoms with E-state index in [0.29, 0.717) is 23.5 Å². The summed E-state index contributed by atoms with van der Waals surface area (Å²) < 4.78 is 5.19. The van der Waals surface area contributed by atoms with Crippen LogP contribution in [0.5, 0.6) is 5.75 Å². The van der Waals surface area contributed by atoms with Crippen LogP contribution < -0.4 is 15.0 Å². The molecule has 116 valence electrons. The smallest absolute Gasteiger partial charge is 0.259 e. The Morgan fingerprint density at radius 1 is 1.18 bits per heavy atom. The van der Waals surface area contributed by atoms with Gasteiger partial charge in [0.25, 0.3) is 5.91 Å². The van der Waals surface area contributed by atoms with E-state index in [-0.39, 0.29) is 12.5 Å². The predicted molar refractivity (Wildman–Crippen MR) is 87.7 cm³/mol. The van der Waals surface area contributed by atoms with Gasteiger partial charge in [-0.05, 0) is 36.4 Å². The monoisotopic (exact) mass is 300 g/mol. The molecule has 2 N–H and O–H groups in total. The maximum Gasteiger partial charge on any atom is 0.259 e. The Hall–Kier alpha value is -2.53. The molecule has 0 heterocycles. The van der Waals surface area contributed by atoms with Gasteiger partial charge in [-0.1, -0.05) is 12.1 Å². The molecule has 0 unspecified atom stereocenters. The molecular formula is C17H20N2O3. The molecule has 0 fully saturated rings. The van der Waals surface area contributed by atoms with Gasteiger partial charge in [-0.25, -0.2) is 0 Å². The molecule has 0 saturated carbocycles. The third-order valence-corrected chi connectivity index (χ3v) is 3.35. The Kier molecular flexibility index (Phi) is 5.38. The van der Waals surface area contributed by atoms with Crippen LogP contribution in [0.25, 0.3) is 0 Å². The first kappa shape index (κ1) is 15.9. The molecule has 2 aromatic rings. The second-order valence-electron chi connectivity index (χ2n) is 4.85. The highest BCUT2D eigenvalue weighted by molar-refractivity contribution is 6.06. The van der Waals surface area contributed by atoms with Gasteiger partial charge in [-0.2, -0.15) is 0 Å². The van der Waals surface area contributed by atoms with Crippen LogP contribution >= 0.6 is 0 Å². The highest BCUT2D eigenvalue weighted by Gasteiger charge is 2.11. The molecule has 0 saturated heterocycles. The molecular weight excluding hydrogens is 280 g/mol. The van der Waals surface area contributed by atoms with Crippen molar-refractivity contribution in [2.75, 3.05) is 37.5 Å². The summed E-state index contributed by atoms with van der Waals surface area (Å²) in [5.74, 6) is 0.327. The van der Waals surface area contributed by atoms with Crippen molar-refractivity contribution >= 4 is 17.3 Å². The molecule has 22 heavy (non-hydrogen) atoms. The largest absolute Gasteiger partial charge is 0.496 e. The standard InChI is InChI=1S/C17H20N2O3/c1-19(11-12-20)14-9-7-13(8-10-14)18-17(21)15-5-3-4-6-16(15)22-2/h3-10,20H,11-12H2,1-2H3,(H,18,21). The van der Waals surface area contributed by atoms with Crippen molar-refractivity contribution in [2.24, 2.45) is 0 Å². The second-order valence-corrected chi connectivity index (χ2v) is 4.85. The van der Waals surface area contributed by atoms with E-state index >= 15 is 0 Å². The number of hydrogen-bond donors (Lipinski definition) is 2. The second kappa shape index (κ2) is 7.47. The summed E-state index contributed by atoms with van der Waals surface area (Å²) in [5.41, 5.74) is 2.17. The van der Waals surface area contributed by atoms with Crippen LogP contribution in [-0.2, 0) is 0 Å². The molecule has 0 bridgehead atoms. The van der Waals surface area contributed by atoms with Crippen molar-refractivity contribution in [3.8, 4) is 5.75 Å². The third-order valence-electron chi connectivity index (χ3n) is 3.35. The van der Waals surface area contributed by atoms with Gasteiger partial charge in [-0.3, -0.25) is 4.79 Å². The molecule has 5 nitrogen and oxygen atoms in total. The van der Waals surface area contributed by atoms with Crippen molar-refractivity contribution in [3.05, 3.63) is 54.1 Å². The Labute approximate surface area is 130 Å². The van der Waals surface area contributed by atoms with Crippen molar-refractivity contribution in [1.82, 2.24) is 0 Å². The number of nitrogens with zero attached hydrogens (tertiary/aromatic N) is 1. The Morgan fingerprint density at radius 2 is 1.86 bits per heavy atom. The van der Waals surface area contributed by atoms with Gasteiger partial charge >= 0.3 is 0 Å². The topological polar surface area (TPSA) is 61.8 Å². The van der Waals surface area contributed by atoms with E-state index in [1.165, 1.54) is 7.11 Å². The number of carbonyl (C=O) groups excluding carboxylic acids is 1. The third kappa shape index (κ3) is 3.77. The molecule has 1 amide bonds. The SMILES string of the molecule is COc1ccccc1C(=O)Nc1ccc(N(C)CCO)cc1. The maximum atomic E-state index is 12.3. The molecule has 2 rings (SSSR count). The highest BCUT2D eigenvalue weighted by Crippen LogP contribution is 2.21. The normalized spacial score (nSPS) is 10.1. The lowest BCUT2D eigenvalue weighted by Gasteiger charge is -2.18. The number of anilines is 2. The minimum Gasteiger partial charge on any atom is -0.496 e.